The lowest BCUT2D eigenvalue weighted by atomic mass is 9.81. The molecule has 4 atom stereocenters. The monoisotopic (exact) mass is 750 g/mol. The van der Waals surface area contributed by atoms with Crippen LogP contribution in [0.1, 0.15) is 57.5 Å². The summed E-state index contributed by atoms with van der Waals surface area (Å²) >= 11 is 0. The van der Waals surface area contributed by atoms with E-state index >= 15 is 0 Å². The first-order valence-corrected chi connectivity index (χ1v) is 15.0. The maximum atomic E-state index is 14.1. The molecular weight excluding hydrogens is 718 g/mol. The number of nitrogens with two attached hydrogens (primary N) is 4. The summed E-state index contributed by atoms with van der Waals surface area (Å²) in [4.78, 5) is 74.3. The van der Waals surface area contributed by atoms with E-state index in [2.05, 4.69) is 20.1 Å². The predicted molar refractivity (Wildman–Crippen MR) is 165 cm³/mol. The molecule has 3 rings (SSSR count). The van der Waals surface area contributed by atoms with Crippen molar-refractivity contribution in [3.63, 3.8) is 0 Å². The third-order valence-electron chi connectivity index (χ3n) is 7.58. The standard InChI is InChI=1S/C30H32F6N6O10/c31-29(32,33)27(49)51-15-7-8-16(52-28(50)30(34,35)36)20-19(15)23(45)17-11(41-9-1-3-13(43)21(37)25(39)47)5-6-12(18(17)24(20)46)42-10-2-4-14(44)22(38)26(40)48/h5-8,13-14,21-22,41-44H,1-4,9-10,37-38H2,(H2,39,47)(H2,40,48). The van der Waals surface area contributed by atoms with Gasteiger partial charge >= 0.3 is 24.3 Å². The number of halogens is 6. The van der Waals surface area contributed by atoms with Crippen molar-refractivity contribution in [2.24, 2.45) is 22.9 Å². The van der Waals surface area contributed by atoms with Crippen molar-refractivity contribution in [1.29, 1.82) is 0 Å². The van der Waals surface area contributed by atoms with Crippen LogP contribution < -0.4 is 43.0 Å². The lowest BCUT2D eigenvalue weighted by molar-refractivity contribution is -0.190. The topological polar surface area (TPSA) is 289 Å². The molecule has 1 aliphatic carbocycles. The quantitative estimate of drug-likeness (QED) is 0.0418. The number of carbonyl (C=O) groups excluding carboxylic acids is 6. The predicted octanol–water partition coefficient (Wildman–Crippen LogP) is 0.129. The highest BCUT2D eigenvalue weighted by Crippen LogP contribution is 2.44. The van der Waals surface area contributed by atoms with E-state index in [0.717, 1.165) is 0 Å². The molecule has 1 aliphatic rings. The maximum absolute atomic E-state index is 14.1. The number of ketones is 2. The fourth-order valence-corrected chi connectivity index (χ4v) is 4.93. The zero-order chi connectivity index (χ0) is 39.3. The van der Waals surface area contributed by atoms with Crippen LogP contribution in [0, 0.1) is 0 Å². The Labute approximate surface area is 288 Å². The van der Waals surface area contributed by atoms with E-state index in [-0.39, 0.29) is 50.1 Å². The number of esters is 2. The second-order valence-corrected chi connectivity index (χ2v) is 11.3. The molecule has 0 bridgehead atoms. The summed E-state index contributed by atoms with van der Waals surface area (Å²) < 4.78 is 87.6. The van der Waals surface area contributed by atoms with Crippen LogP contribution in [-0.4, -0.2) is 95.3 Å². The van der Waals surface area contributed by atoms with Gasteiger partial charge in [-0.15, -0.1) is 0 Å². The average Bonchev–Trinajstić information content (AvgIpc) is 3.05. The molecule has 12 N–H and O–H groups in total. The molecule has 0 saturated carbocycles. The first-order valence-electron chi connectivity index (χ1n) is 15.0. The van der Waals surface area contributed by atoms with Crippen molar-refractivity contribution in [2.75, 3.05) is 23.7 Å². The summed E-state index contributed by atoms with van der Waals surface area (Å²) in [5.41, 5.74) is 17.4. The second-order valence-electron chi connectivity index (χ2n) is 11.3. The molecule has 4 unspecified atom stereocenters. The van der Waals surface area contributed by atoms with Crippen LogP contribution in [0.5, 0.6) is 11.5 Å². The van der Waals surface area contributed by atoms with Gasteiger partial charge in [0.05, 0.1) is 34.5 Å². The molecule has 0 heterocycles. The smallest absolute Gasteiger partial charge is 0.419 e. The Hall–Kier alpha value is -5.32. The summed E-state index contributed by atoms with van der Waals surface area (Å²) in [6.07, 6.45) is -14.1. The number of hydrogen-bond donors (Lipinski definition) is 8. The van der Waals surface area contributed by atoms with E-state index in [1.807, 2.05) is 0 Å². The van der Waals surface area contributed by atoms with Crippen LogP contribution in [-0.2, 0) is 19.2 Å². The van der Waals surface area contributed by atoms with Gasteiger partial charge in [-0.3, -0.25) is 19.2 Å². The number of alkyl halides is 6. The molecule has 2 aromatic rings. The van der Waals surface area contributed by atoms with Gasteiger partial charge in [-0.2, -0.15) is 26.3 Å². The van der Waals surface area contributed by atoms with Crippen molar-refractivity contribution >= 4 is 46.7 Å². The van der Waals surface area contributed by atoms with Gasteiger partial charge < -0.3 is 53.3 Å². The van der Waals surface area contributed by atoms with Gasteiger partial charge in [-0.1, -0.05) is 0 Å². The summed E-state index contributed by atoms with van der Waals surface area (Å²) in [7, 11) is 0. The van der Waals surface area contributed by atoms with Crippen LogP contribution in [0.25, 0.3) is 0 Å². The van der Waals surface area contributed by atoms with E-state index < -0.39 is 106 Å². The van der Waals surface area contributed by atoms with Crippen LogP contribution in [0.15, 0.2) is 24.3 Å². The minimum atomic E-state index is -5.63. The van der Waals surface area contributed by atoms with Gasteiger partial charge in [-0.05, 0) is 49.9 Å². The molecule has 0 fully saturated rings. The molecule has 0 spiro atoms. The lowest BCUT2D eigenvalue weighted by Crippen LogP contribution is -2.45. The molecule has 0 saturated heterocycles. The van der Waals surface area contributed by atoms with E-state index in [9.17, 15) is 65.3 Å². The molecule has 16 nitrogen and oxygen atoms in total. The van der Waals surface area contributed by atoms with Crippen LogP contribution in [0.4, 0.5) is 37.7 Å². The Kier molecular flexibility index (Phi) is 12.9. The Morgan fingerprint density at radius 1 is 0.635 bits per heavy atom. The van der Waals surface area contributed by atoms with E-state index in [1.165, 1.54) is 12.1 Å². The minimum Gasteiger partial charge on any atom is -0.419 e. The van der Waals surface area contributed by atoms with Gasteiger partial charge in [0.2, 0.25) is 23.4 Å². The van der Waals surface area contributed by atoms with Crippen molar-refractivity contribution in [1.82, 2.24) is 0 Å². The Morgan fingerprint density at radius 2 is 0.962 bits per heavy atom. The van der Waals surface area contributed by atoms with Gasteiger partial charge in [0, 0.05) is 24.5 Å². The number of fused-ring (bicyclic) bond motifs is 2. The van der Waals surface area contributed by atoms with Gasteiger partial charge in [0.15, 0.2) is 0 Å². The number of hydrogen-bond acceptors (Lipinski definition) is 14. The maximum Gasteiger partial charge on any atom is 0.491 e. The zero-order valence-corrected chi connectivity index (χ0v) is 26.6. The number of anilines is 2. The normalized spacial score (nSPS) is 15.0. The van der Waals surface area contributed by atoms with Crippen molar-refractivity contribution in [3.05, 3.63) is 46.5 Å². The molecule has 22 heteroatoms. The molecule has 0 radical (unpaired) electrons. The van der Waals surface area contributed by atoms with Crippen LogP contribution in [0.3, 0.4) is 0 Å². The van der Waals surface area contributed by atoms with Crippen LogP contribution >= 0.6 is 0 Å². The number of rotatable bonds is 16. The number of primary amides is 2. The lowest BCUT2D eigenvalue weighted by Gasteiger charge is -2.26. The summed E-state index contributed by atoms with van der Waals surface area (Å²) in [6, 6.07) is 0.488. The van der Waals surface area contributed by atoms with E-state index in [1.54, 1.807) is 0 Å². The number of benzene rings is 2. The van der Waals surface area contributed by atoms with Crippen molar-refractivity contribution in [3.8, 4) is 11.5 Å². The SMILES string of the molecule is NC(=O)C(N)C(O)CCCNc1ccc(NCCCC(O)C(N)C(N)=O)c2c1C(=O)c1c(OC(=O)C(F)(F)F)ccc(OC(=O)C(F)(F)F)c1C2=O. The molecule has 0 aromatic heterocycles. The number of aliphatic hydroxyl groups excluding tert-OH is 2. The van der Waals surface area contributed by atoms with E-state index in [4.69, 9.17) is 22.9 Å². The summed E-state index contributed by atoms with van der Waals surface area (Å²) in [5.74, 6) is -12.8. The summed E-state index contributed by atoms with van der Waals surface area (Å²) in [5, 5.41) is 25.7. The largest absolute Gasteiger partial charge is 0.491 e. The number of amides is 2. The fourth-order valence-electron chi connectivity index (χ4n) is 4.93. The van der Waals surface area contributed by atoms with Gasteiger partial charge in [0.25, 0.3) is 0 Å². The number of carbonyl (C=O) groups is 6. The number of nitrogens with one attached hydrogen (secondary N) is 2. The summed E-state index contributed by atoms with van der Waals surface area (Å²) in [6.45, 7) is -0.208. The van der Waals surface area contributed by atoms with Gasteiger partial charge in [0.1, 0.15) is 23.6 Å². The highest BCUT2D eigenvalue weighted by Gasteiger charge is 2.46. The highest BCUT2D eigenvalue weighted by molar-refractivity contribution is 6.33. The molecule has 284 valence electrons. The minimum absolute atomic E-state index is 0.0530. The fraction of sp³-hybridized carbons (Fsp3) is 0.400. The Balaban J connectivity index is 2.13. The van der Waals surface area contributed by atoms with Crippen LogP contribution in [0.2, 0.25) is 0 Å². The van der Waals surface area contributed by atoms with Crippen molar-refractivity contribution in [2.45, 2.75) is 62.3 Å². The van der Waals surface area contributed by atoms with E-state index in [0.29, 0.717) is 12.1 Å². The zero-order valence-electron chi connectivity index (χ0n) is 26.6. The third-order valence-corrected chi connectivity index (χ3v) is 7.58. The second kappa shape index (κ2) is 16.4. The molecule has 0 aliphatic heterocycles. The van der Waals surface area contributed by atoms with Crippen molar-refractivity contribution < 1.29 is 74.8 Å². The highest BCUT2D eigenvalue weighted by atomic mass is 19.4. The Morgan fingerprint density at radius 3 is 1.25 bits per heavy atom. The third kappa shape index (κ3) is 9.51. The van der Waals surface area contributed by atoms with Gasteiger partial charge in [-0.25, -0.2) is 9.59 Å². The number of aliphatic hydroxyl groups is 2. The Bertz CT molecular complexity index is 1630. The molecule has 2 aromatic carbocycles. The molecular formula is C30H32F6N6O10. The first kappa shape index (κ1) is 41.1. The first-order chi connectivity index (χ1) is 24.1. The molecule has 2 amide bonds. The number of ether oxygens (including phenoxy) is 2. The molecule has 52 heavy (non-hydrogen) atoms. The average molecular weight is 751 g/mol.